The summed E-state index contributed by atoms with van der Waals surface area (Å²) in [6.07, 6.45) is 4.48. The molecule has 1 aliphatic carbocycles. The molecule has 1 rings (SSSR count). The van der Waals surface area contributed by atoms with E-state index in [0.717, 1.165) is 18.4 Å². The number of hydrogen-bond acceptors (Lipinski definition) is 1. The van der Waals surface area contributed by atoms with E-state index in [1.165, 1.54) is 5.57 Å². The van der Waals surface area contributed by atoms with Crippen LogP contribution in [0.1, 0.15) is 33.6 Å². The van der Waals surface area contributed by atoms with Crippen molar-refractivity contribution in [2.75, 3.05) is 6.61 Å². The van der Waals surface area contributed by atoms with Crippen LogP contribution in [0.2, 0.25) is 0 Å². The van der Waals surface area contributed by atoms with Gasteiger partial charge in [0, 0.05) is 0 Å². The molecule has 74 valence electrons. The molecule has 1 N–H and O–H groups in total. The van der Waals surface area contributed by atoms with Crippen molar-refractivity contribution in [2.24, 2.45) is 11.3 Å². The van der Waals surface area contributed by atoms with Crippen molar-refractivity contribution < 1.29 is 5.11 Å². The fourth-order valence-corrected chi connectivity index (χ4v) is 2.43. The minimum absolute atomic E-state index is 0.124. The van der Waals surface area contributed by atoms with Crippen molar-refractivity contribution in [2.45, 2.75) is 33.6 Å². The van der Waals surface area contributed by atoms with E-state index in [1.807, 2.05) is 0 Å². The Morgan fingerprint density at radius 1 is 1.69 bits per heavy atom. The maximum absolute atomic E-state index is 9.06. The first-order chi connectivity index (χ1) is 6.04. The van der Waals surface area contributed by atoms with E-state index in [1.54, 1.807) is 0 Å². The summed E-state index contributed by atoms with van der Waals surface area (Å²) < 4.78 is 0. The predicted molar refractivity (Wildman–Crippen MR) is 56.5 cm³/mol. The summed E-state index contributed by atoms with van der Waals surface area (Å²) in [7, 11) is 0. The Labute approximate surface area is 81.2 Å². The Balaban J connectivity index is 2.81. The molecule has 0 aromatic rings. The molecule has 13 heavy (non-hydrogen) atoms. The molecule has 0 fully saturated rings. The van der Waals surface area contributed by atoms with Crippen molar-refractivity contribution in [1.82, 2.24) is 0 Å². The number of allylic oxidation sites excluding steroid dienone is 2. The van der Waals surface area contributed by atoms with Crippen LogP contribution >= 0.6 is 0 Å². The first kappa shape index (κ1) is 10.5. The summed E-state index contributed by atoms with van der Waals surface area (Å²) in [4.78, 5) is 0. The van der Waals surface area contributed by atoms with E-state index in [-0.39, 0.29) is 12.0 Å². The molecule has 0 radical (unpaired) electrons. The van der Waals surface area contributed by atoms with Gasteiger partial charge in [-0.2, -0.15) is 0 Å². The van der Waals surface area contributed by atoms with Gasteiger partial charge >= 0.3 is 0 Å². The number of rotatable bonds is 3. The van der Waals surface area contributed by atoms with Gasteiger partial charge in [-0.1, -0.05) is 39.0 Å². The summed E-state index contributed by atoms with van der Waals surface area (Å²) in [5, 5.41) is 9.06. The summed E-state index contributed by atoms with van der Waals surface area (Å²) in [6, 6.07) is 0. The minimum atomic E-state index is 0.124. The average Bonchev–Trinajstić information content (AvgIpc) is 2.39. The first-order valence-corrected chi connectivity index (χ1v) is 5.02. The molecule has 1 unspecified atom stereocenters. The summed E-state index contributed by atoms with van der Waals surface area (Å²) in [5.41, 5.74) is 2.69. The van der Waals surface area contributed by atoms with Gasteiger partial charge in [0.25, 0.3) is 0 Å². The van der Waals surface area contributed by atoms with Crippen molar-refractivity contribution in [1.29, 1.82) is 0 Å². The molecule has 1 aliphatic rings. The molecule has 0 saturated carbocycles. The van der Waals surface area contributed by atoms with Gasteiger partial charge in [0.15, 0.2) is 0 Å². The molecule has 0 amide bonds. The van der Waals surface area contributed by atoms with Gasteiger partial charge in [-0.3, -0.25) is 0 Å². The molecule has 1 nitrogen and oxygen atoms in total. The highest BCUT2D eigenvalue weighted by Gasteiger charge is 2.37. The molecule has 0 heterocycles. The molecule has 0 spiro atoms. The lowest BCUT2D eigenvalue weighted by atomic mass is 9.73. The van der Waals surface area contributed by atoms with Gasteiger partial charge in [-0.05, 0) is 29.7 Å². The molecule has 0 bridgehead atoms. The standard InChI is InChI=1S/C12H20O/c1-5-10-6-7-11(9(2)8-13)12(10,3)4/h6,11,13H,2,5,7-8H2,1,3-4H3. The van der Waals surface area contributed by atoms with E-state index in [4.69, 9.17) is 5.11 Å². The lowest BCUT2D eigenvalue weighted by Gasteiger charge is -2.31. The van der Waals surface area contributed by atoms with Gasteiger partial charge in [0.2, 0.25) is 0 Å². The highest BCUT2D eigenvalue weighted by molar-refractivity contribution is 5.26. The van der Waals surface area contributed by atoms with E-state index >= 15 is 0 Å². The number of aliphatic hydroxyl groups excluding tert-OH is 1. The van der Waals surface area contributed by atoms with E-state index < -0.39 is 0 Å². The second-order valence-electron chi connectivity index (χ2n) is 4.41. The molecule has 0 aromatic carbocycles. The molecular weight excluding hydrogens is 160 g/mol. The van der Waals surface area contributed by atoms with Crippen molar-refractivity contribution >= 4 is 0 Å². The van der Waals surface area contributed by atoms with Crippen LogP contribution < -0.4 is 0 Å². The predicted octanol–water partition coefficient (Wildman–Crippen LogP) is 2.92. The Kier molecular flexibility index (Phi) is 2.97. The highest BCUT2D eigenvalue weighted by atomic mass is 16.3. The van der Waals surface area contributed by atoms with Crippen LogP contribution in [0.5, 0.6) is 0 Å². The van der Waals surface area contributed by atoms with Crippen molar-refractivity contribution in [3.63, 3.8) is 0 Å². The molecule has 0 aliphatic heterocycles. The lowest BCUT2D eigenvalue weighted by molar-refractivity contribution is 0.266. The van der Waals surface area contributed by atoms with Crippen LogP contribution in [0.3, 0.4) is 0 Å². The van der Waals surface area contributed by atoms with Crippen LogP contribution in [-0.4, -0.2) is 11.7 Å². The van der Waals surface area contributed by atoms with Crippen LogP contribution in [0, 0.1) is 11.3 Å². The second kappa shape index (κ2) is 3.67. The molecule has 1 atom stereocenters. The molecule has 0 aromatic heterocycles. The van der Waals surface area contributed by atoms with Crippen molar-refractivity contribution in [3.05, 3.63) is 23.8 Å². The van der Waals surface area contributed by atoms with E-state index in [9.17, 15) is 0 Å². The number of aliphatic hydroxyl groups is 1. The van der Waals surface area contributed by atoms with Gasteiger partial charge in [-0.15, -0.1) is 0 Å². The quantitative estimate of drug-likeness (QED) is 0.662. The zero-order valence-corrected chi connectivity index (χ0v) is 8.93. The third-order valence-electron chi connectivity index (χ3n) is 3.38. The van der Waals surface area contributed by atoms with Crippen LogP contribution in [0.15, 0.2) is 23.8 Å². The normalized spacial score (nSPS) is 25.8. The summed E-state index contributed by atoms with van der Waals surface area (Å²) >= 11 is 0. The summed E-state index contributed by atoms with van der Waals surface area (Å²) in [6.45, 7) is 10.8. The smallest absolute Gasteiger partial charge is 0.0642 e. The lowest BCUT2D eigenvalue weighted by Crippen LogP contribution is -2.23. The Bertz CT molecular complexity index is 236. The number of hydrogen-bond donors (Lipinski definition) is 1. The van der Waals surface area contributed by atoms with Gasteiger partial charge in [0.1, 0.15) is 0 Å². The molecule has 1 heteroatoms. The molecule has 0 saturated heterocycles. The van der Waals surface area contributed by atoms with Gasteiger partial charge in [0.05, 0.1) is 6.61 Å². The zero-order valence-electron chi connectivity index (χ0n) is 8.93. The van der Waals surface area contributed by atoms with Crippen molar-refractivity contribution in [3.8, 4) is 0 Å². The van der Waals surface area contributed by atoms with Crippen LogP contribution in [0.4, 0.5) is 0 Å². The Morgan fingerprint density at radius 3 is 2.69 bits per heavy atom. The molecular formula is C12H20O. The summed E-state index contributed by atoms with van der Waals surface area (Å²) in [5.74, 6) is 0.437. The van der Waals surface area contributed by atoms with Gasteiger partial charge < -0.3 is 5.11 Å². The highest BCUT2D eigenvalue weighted by Crippen LogP contribution is 2.47. The average molecular weight is 180 g/mol. The third kappa shape index (κ3) is 1.71. The van der Waals surface area contributed by atoms with Gasteiger partial charge in [-0.25, -0.2) is 0 Å². The monoisotopic (exact) mass is 180 g/mol. The fraction of sp³-hybridized carbons (Fsp3) is 0.667. The Hall–Kier alpha value is -0.560. The third-order valence-corrected chi connectivity index (χ3v) is 3.38. The zero-order chi connectivity index (χ0) is 10.1. The maximum Gasteiger partial charge on any atom is 0.0642 e. The maximum atomic E-state index is 9.06. The second-order valence-corrected chi connectivity index (χ2v) is 4.41. The minimum Gasteiger partial charge on any atom is -0.392 e. The first-order valence-electron chi connectivity index (χ1n) is 5.02. The van der Waals surface area contributed by atoms with E-state index in [2.05, 4.69) is 33.4 Å². The van der Waals surface area contributed by atoms with Crippen LogP contribution in [-0.2, 0) is 0 Å². The Morgan fingerprint density at radius 2 is 2.31 bits per heavy atom. The van der Waals surface area contributed by atoms with Crippen LogP contribution in [0.25, 0.3) is 0 Å². The largest absolute Gasteiger partial charge is 0.392 e. The topological polar surface area (TPSA) is 20.2 Å². The van der Waals surface area contributed by atoms with E-state index in [0.29, 0.717) is 5.92 Å². The SMILES string of the molecule is C=C(CO)C1CC=C(CC)C1(C)C. The fourth-order valence-electron chi connectivity index (χ4n) is 2.43.